The Morgan fingerprint density at radius 3 is 2.05 bits per heavy atom. The lowest BCUT2D eigenvalue weighted by Gasteiger charge is -2.15. The van der Waals surface area contributed by atoms with Crippen molar-refractivity contribution >= 4 is 0 Å². The summed E-state index contributed by atoms with van der Waals surface area (Å²) in [6.45, 7) is 0. The third kappa shape index (κ3) is 2.72. The van der Waals surface area contributed by atoms with Crippen LogP contribution in [0.2, 0.25) is 0 Å². The molecule has 0 amide bonds. The Kier molecular flexibility index (Phi) is 3.67. The molecule has 1 nitrogen and oxygen atoms in total. The topological polar surface area (TPSA) is 12.9 Å². The van der Waals surface area contributed by atoms with Crippen molar-refractivity contribution in [3.63, 3.8) is 0 Å². The number of pyridine rings is 1. The molecule has 0 saturated heterocycles. The first kappa shape index (κ1) is 14.3. The van der Waals surface area contributed by atoms with Gasteiger partial charge in [0.1, 0.15) is 0 Å². The van der Waals surface area contributed by atoms with Gasteiger partial charge >= 0.3 is 6.18 Å². The average Bonchev–Trinajstić information content (AvgIpc) is 2.55. The van der Waals surface area contributed by atoms with Crippen molar-refractivity contribution in [2.45, 2.75) is 6.18 Å². The largest absolute Gasteiger partial charge is 0.417 e. The van der Waals surface area contributed by atoms with E-state index in [2.05, 4.69) is 4.98 Å². The van der Waals surface area contributed by atoms with Gasteiger partial charge in [-0.2, -0.15) is 13.2 Å². The van der Waals surface area contributed by atoms with Gasteiger partial charge in [0, 0.05) is 17.3 Å². The van der Waals surface area contributed by atoms with E-state index in [-0.39, 0.29) is 5.56 Å². The monoisotopic (exact) mass is 299 g/mol. The van der Waals surface area contributed by atoms with E-state index >= 15 is 0 Å². The maximum atomic E-state index is 13.2. The summed E-state index contributed by atoms with van der Waals surface area (Å²) in [5.41, 5.74) is 1.27. The highest BCUT2D eigenvalue weighted by Crippen LogP contribution is 2.39. The molecule has 22 heavy (non-hydrogen) atoms. The Bertz CT molecular complexity index is 780. The van der Waals surface area contributed by atoms with Crippen LogP contribution in [0, 0.1) is 0 Å². The first-order valence-electron chi connectivity index (χ1n) is 6.74. The molecular weight excluding hydrogens is 287 g/mol. The molecule has 0 N–H and O–H groups in total. The van der Waals surface area contributed by atoms with E-state index < -0.39 is 11.7 Å². The van der Waals surface area contributed by atoms with Gasteiger partial charge in [0.25, 0.3) is 0 Å². The highest BCUT2D eigenvalue weighted by molar-refractivity contribution is 5.82. The van der Waals surface area contributed by atoms with Gasteiger partial charge in [0.15, 0.2) is 0 Å². The highest BCUT2D eigenvalue weighted by Gasteiger charge is 2.34. The molecule has 2 aromatic carbocycles. The molecule has 0 aliphatic rings. The first-order valence-corrected chi connectivity index (χ1v) is 6.74. The number of nitrogens with zero attached hydrogens (tertiary/aromatic N) is 1. The lowest BCUT2D eigenvalue weighted by atomic mass is 9.96. The Morgan fingerprint density at radius 2 is 1.32 bits per heavy atom. The van der Waals surface area contributed by atoms with Crippen molar-refractivity contribution < 1.29 is 13.2 Å². The molecule has 3 rings (SSSR count). The minimum Gasteiger partial charge on any atom is -0.256 e. The second-order valence-electron chi connectivity index (χ2n) is 4.81. The van der Waals surface area contributed by atoms with Gasteiger partial charge < -0.3 is 0 Å². The molecular formula is C18H12F3N. The van der Waals surface area contributed by atoms with Crippen LogP contribution in [0.3, 0.4) is 0 Å². The molecule has 0 radical (unpaired) electrons. The summed E-state index contributed by atoms with van der Waals surface area (Å²) >= 11 is 0. The normalized spacial score (nSPS) is 11.4. The molecule has 0 aliphatic carbocycles. The lowest BCUT2D eigenvalue weighted by molar-refractivity contribution is -0.137. The fraction of sp³-hybridized carbons (Fsp3) is 0.0556. The van der Waals surface area contributed by atoms with E-state index in [1.165, 1.54) is 18.3 Å². The van der Waals surface area contributed by atoms with E-state index in [9.17, 15) is 13.2 Å². The van der Waals surface area contributed by atoms with Crippen LogP contribution in [-0.2, 0) is 6.18 Å². The van der Waals surface area contributed by atoms with E-state index in [0.29, 0.717) is 11.3 Å². The fourth-order valence-electron chi connectivity index (χ4n) is 2.41. The minimum atomic E-state index is -4.41. The number of hydrogen-bond acceptors (Lipinski definition) is 1. The second kappa shape index (κ2) is 5.64. The Labute approximate surface area is 126 Å². The lowest BCUT2D eigenvalue weighted by Crippen LogP contribution is -2.07. The fourth-order valence-corrected chi connectivity index (χ4v) is 2.41. The van der Waals surface area contributed by atoms with Crippen LogP contribution in [0.5, 0.6) is 0 Å². The van der Waals surface area contributed by atoms with Gasteiger partial charge in [-0.05, 0) is 17.7 Å². The number of halogens is 3. The Hall–Kier alpha value is -2.62. The summed E-state index contributed by atoms with van der Waals surface area (Å²) < 4.78 is 39.7. The molecule has 0 bridgehead atoms. The summed E-state index contributed by atoms with van der Waals surface area (Å²) in [7, 11) is 0. The molecule has 0 atom stereocenters. The molecule has 0 fully saturated rings. The van der Waals surface area contributed by atoms with Crippen molar-refractivity contribution in [2.75, 3.05) is 0 Å². The molecule has 1 heterocycles. The van der Waals surface area contributed by atoms with Gasteiger partial charge in [-0.1, -0.05) is 54.6 Å². The van der Waals surface area contributed by atoms with Crippen molar-refractivity contribution in [3.05, 3.63) is 78.5 Å². The molecule has 0 spiro atoms. The molecule has 1 aromatic heterocycles. The van der Waals surface area contributed by atoms with Crippen LogP contribution in [0.25, 0.3) is 22.4 Å². The number of alkyl halides is 3. The Morgan fingerprint density at radius 1 is 0.682 bits per heavy atom. The van der Waals surface area contributed by atoms with Gasteiger partial charge in [-0.15, -0.1) is 0 Å². The zero-order valence-corrected chi connectivity index (χ0v) is 11.5. The van der Waals surface area contributed by atoms with Crippen LogP contribution in [0.1, 0.15) is 5.56 Å². The van der Waals surface area contributed by atoms with Gasteiger partial charge in [0.2, 0.25) is 0 Å². The maximum Gasteiger partial charge on any atom is 0.417 e. The molecule has 110 valence electrons. The van der Waals surface area contributed by atoms with Crippen molar-refractivity contribution in [1.82, 2.24) is 4.98 Å². The van der Waals surface area contributed by atoms with Crippen LogP contribution >= 0.6 is 0 Å². The number of aromatic nitrogens is 1. The maximum absolute atomic E-state index is 13.2. The van der Waals surface area contributed by atoms with Crippen LogP contribution in [0.15, 0.2) is 72.9 Å². The third-order valence-corrected chi connectivity index (χ3v) is 3.38. The molecule has 3 aromatic rings. The predicted octanol–water partition coefficient (Wildman–Crippen LogP) is 5.43. The quantitative estimate of drug-likeness (QED) is 0.614. The van der Waals surface area contributed by atoms with Crippen molar-refractivity contribution in [2.24, 2.45) is 0 Å². The molecule has 0 saturated carbocycles. The molecule has 0 aliphatic heterocycles. The zero-order valence-electron chi connectivity index (χ0n) is 11.5. The average molecular weight is 299 g/mol. The number of hydrogen-bond donors (Lipinski definition) is 0. The highest BCUT2D eigenvalue weighted by atomic mass is 19.4. The summed E-state index contributed by atoms with van der Waals surface area (Å²) in [5, 5.41) is 0. The number of benzene rings is 2. The van der Waals surface area contributed by atoms with Crippen molar-refractivity contribution in [1.29, 1.82) is 0 Å². The first-order chi connectivity index (χ1) is 10.6. The van der Waals surface area contributed by atoms with E-state index in [1.807, 2.05) is 30.3 Å². The predicted molar refractivity (Wildman–Crippen MR) is 80.1 cm³/mol. The smallest absolute Gasteiger partial charge is 0.256 e. The van der Waals surface area contributed by atoms with Crippen LogP contribution < -0.4 is 0 Å². The summed E-state index contributed by atoms with van der Waals surface area (Å²) in [5.74, 6) is 0. The SMILES string of the molecule is FC(F)(F)c1ccccc1-c1ncccc1-c1ccccc1. The van der Waals surface area contributed by atoms with Gasteiger partial charge in [-0.3, -0.25) is 4.98 Å². The van der Waals surface area contributed by atoms with Crippen LogP contribution in [0.4, 0.5) is 13.2 Å². The second-order valence-corrected chi connectivity index (χ2v) is 4.81. The number of rotatable bonds is 2. The third-order valence-electron chi connectivity index (χ3n) is 3.38. The molecule has 4 heteroatoms. The van der Waals surface area contributed by atoms with E-state index in [1.54, 1.807) is 18.2 Å². The standard InChI is InChI=1S/C18H12F3N/c19-18(20,21)16-11-5-4-9-15(16)17-14(10-6-12-22-17)13-7-2-1-3-8-13/h1-12H. The Balaban J connectivity index is 2.24. The molecule has 0 unspecified atom stereocenters. The zero-order chi connectivity index (χ0) is 15.6. The van der Waals surface area contributed by atoms with E-state index in [0.717, 1.165) is 11.6 Å². The van der Waals surface area contributed by atoms with Gasteiger partial charge in [-0.25, -0.2) is 0 Å². The van der Waals surface area contributed by atoms with Crippen molar-refractivity contribution in [3.8, 4) is 22.4 Å². The summed E-state index contributed by atoms with van der Waals surface area (Å²) in [6, 6.07) is 18.3. The minimum absolute atomic E-state index is 0.0921. The van der Waals surface area contributed by atoms with Crippen LogP contribution in [-0.4, -0.2) is 4.98 Å². The van der Waals surface area contributed by atoms with E-state index in [4.69, 9.17) is 0 Å². The van der Waals surface area contributed by atoms with Gasteiger partial charge in [0.05, 0.1) is 11.3 Å². The summed E-state index contributed by atoms with van der Waals surface area (Å²) in [6.07, 6.45) is -2.91. The summed E-state index contributed by atoms with van der Waals surface area (Å²) in [4.78, 5) is 4.20.